The summed E-state index contributed by atoms with van der Waals surface area (Å²) in [6.45, 7) is 8.27. The standard InChI is InChI=1S/C41H64N2/c1-4-6-8-10-12-13-14-15-16-17-18-26-32-39(40-42-33-35-43(40)34-27-19-11-9-7-5-2)41(3,38-30-24-21-25-31-38)36-37-28-22-20-23-29-37/h20-25,28-31,33,35,39H,4-19,26-27,32,34,36H2,1-3H3/p+1. The summed E-state index contributed by atoms with van der Waals surface area (Å²) in [7, 11) is 0. The first-order chi connectivity index (χ1) is 21.2. The number of hydrogen-bond acceptors (Lipinski definition) is 0. The van der Waals surface area contributed by atoms with Crippen molar-refractivity contribution in [2.45, 2.75) is 167 Å². The third-order valence-electron chi connectivity index (χ3n) is 9.84. The molecule has 0 amide bonds. The van der Waals surface area contributed by atoms with Gasteiger partial charge in [-0.25, -0.2) is 9.55 Å². The SMILES string of the molecule is CCCCCCCCCCCCCCC(c1[nH]cc[n+]1CCCCCCCC)C(C)(Cc1ccccc1)c1ccccc1. The fraction of sp³-hybridized carbons (Fsp3) is 0.634. The molecule has 0 aliphatic rings. The van der Waals surface area contributed by atoms with Crippen LogP contribution in [0.15, 0.2) is 73.1 Å². The molecule has 0 spiro atoms. The number of nitrogens with one attached hydrogen (secondary N) is 1. The number of rotatable bonds is 25. The summed E-state index contributed by atoms with van der Waals surface area (Å²) >= 11 is 0. The topological polar surface area (TPSA) is 19.7 Å². The van der Waals surface area contributed by atoms with Crippen LogP contribution < -0.4 is 4.57 Å². The minimum Gasteiger partial charge on any atom is -0.247 e. The van der Waals surface area contributed by atoms with Gasteiger partial charge in [-0.3, -0.25) is 0 Å². The van der Waals surface area contributed by atoms with Crippen molar-refractivity contribution in [2.24, 2.45) is 0 Å². The molecule has 1 heterocycles. The zero-order valence-corrected chi connectivity index (χ0v) is 28.3. The number of imidazole rings is 1. The number of nitrogens with zero attached hydrogens (tertiary/aromatic N) is 1. The largest absolute Gasteiger partial charge is 0.258 e. The van der Waals surface area contributed by atoms with Crippen LogP contribution >= 0.6 is 0 Å². The molecule has 2 unspecified atom stereocenters. The fourth-order valence-electron chi connectivity index (χ4n) is 7.15. The molecule has 3 rings (SSSR count). The molecule has 0 saturated heterocycles. The third kappa shape index (κ3) is 12.7. The van der Waals surface area contributed by atoms with E-state index in [9.17, 15) is 0 Å². The van der Waals surface area contributed by atoms with Gasteiger partial charge >= 0.3 is 0 Å². The lowest BCUT2D eigenvalue weighted by Gasteiger charge is -2.37. The van der Waals surface area contributed by atoms with Gasteiger partial charge in [-0.15, -0.1) is 0 Å². The highest BCUT2D eigenvalue weighted by Crippen LogP contribution is 2.43. The first-order valence-electron chi connectivity index (χ1n) is 18.3. The van der Waals surface area contributed by atoms with E-state index < -0.39 is 0 Å². The van der Waals surface area contributed by atoms with Crippen molar-refractivity contribution in [3.05, 3.63) is 90.0 Å². The molecule has 238 valence electrons. The van der Waals surface area contributed by atoms with Crippen molar-refractivity contribution in [3.63, 3.8) is 0 Å². The molecule has 1 N–H and O–H groups in total. The summed E-state index contributed by atoms with van der Waals surface area (Å²) < 4.78 is 2.57. The zero-order chi connectivity index (χ0) is 30.4. The molecule has 2 atom stereocenters. The van der Waals surface area contributed by atoms with E-state index in [0.717, 1.165) is 13.0 Å². The summed E-state index contributed by atoms with van der Waals surface area (Å²) in [4.78, 5) is 3.78. The number of aromatic amines is 1. The second-order valence-electron chi connectivity index (χ2n) is 13.5. The summed E-state index contributed by atoms with van der Waals surface area (Å²) in [5, 5.41) is 0. The summed E-state index contributed by atoms with van der Waals surface area (Å²) in [6.07, 6.45) is 31.6. The van der Waals surface area contributed by atoms with Crippen molar-refractivity contribution >= 4 is 0 Å². The minimum absolute atomic E-state index is 0.00805. The van der Waals surface area contributed by atoms with Crippen molar-refractivity contribution in [1.82, 2.24) is 4.98 Å². The normalized spacial score (nSPS) is 13.7. The van der Waals surface area contributed by atoms with Crippen LogP contribution in [0, 0.1) is 0 Å². The molecule has 0 fully saturated rings. The highest BCUT2D eigenvalue weighted by molar-refractivity contribution is 5.32. The van der Waals surface area contributed by atoms with Gasteiger partial charge in [0.1, 0.15) is 12.4 Å². The second-order valence-corrected chi connectivity index (χ2v) is 13.5. The number of benzene rings is 2. The Kier molecular flexibility index (Phi) is 17.5. The predicted molar refractivity (Wildman–Crippen MR) is 187 cm³/mol. The van der Waals surface area contributed by atoms with Crippen LogP contribution in [0.25, 0.3) is 0 Å². The first kappa shape index (κ1) is 35.1. The molecule has 0 aliphatic carbocycles. The van der Waals surface area contributed by atoms with E-state index in [1.54, 1.807) is 0 Å². The highest BCUT2D eigenvalue weighted by Gasteiger charge is 2.41. The molecule has 2 heteroatoms. The lowest BCUT2D eigenvalue weighted by molar-refractivity contribution is -0.705. The average Bonchev–Trinajstić information content (AvgIpc) is 3.50. The number of H-pyrrole nitrogens is 1. The van der Waals surface area contributed by atoms with E-state index >= 15 is 0 Å². The third-order valence-corrected chi connectivity index (χ3v) is 9.84. The van der Waals surface area contributed by atoms with Crippen LogP contribution in [0.3, 0.4) is 0 Å². The average molecular weight is 586 g/mol. The molecule has 0 radical (unpaired) electrons. The molecular formula is C41H65N2+. The lowest BCUT2D eigenvalue weighted by atomic mass is 9.66. The summed E-state index contributed by atoms with van der Waals surface area (Å²) in [5.41, 5.74) is 2.90. The molecule has 0 bridgehead atoms. The van der Waals surface area contributed by atoms with Crippen LogP contribution in [0.4, 0.5) is 0 Å². The first-order valence-corrected chi connectivity index (χ1v) is 18.3. The van der Waals surface area contributed by atoms with Gasteiger partial charge in [-0.05, 0) is 36.8 Å². The van der Waals surface area contributed by atoms with Gasteiger partial charge in [0.2, 0.25) is 0 Å². The maximum absolute atomic E-state index is 3.78. The van der Waals surface area contributed by atoms with Crippen molar-refractivity contribution < 1.29 is 4.57 Å². The van der Waals surface area contributed by atoms with Gasteiger partial charge in [0, 0.05) is 5.41 Å². The Labute approximate surface area is 266 Å². The lowest BCUT2D eigenvalue weighted by Crippen LogP contribution is -2.43. The van der Waals surface area contributed by atoms with E-state index in [4.69, 9.17) is 0 Å². The molecule has 2 aromatic carbocycles. The molecule has 0 saturated carbocycles. The Morgan fingerprint density at radius 3 is 1.65 bits per heavy atom. The Hall–Kier alpha value is -2.35. The summed E-state index contributed by atoms with van der Waals surface area (Å²) in [6, 6.07) is 22.6. The Morgan fingerprint density at radius 2 is 1.09 bits per heavy atom. The van der Waals surface area contributed by atoms with Gasteiger partial charge in [-0.2, -0.15) is 0 Å². The Bertz CT molecular complexity index is 1060. The van der Waals surface area contributed by atoms with Crippen LogP contribution in [0.1, 0.15) is 166 Å². The van der Waals surface area contributed by atoms with Gasteiger partial charge in [0.05, 0.1) is 12.5 Å². The smallest absolute Gasteiger partial charge is 0.247 e. The zero-order valence-electron chi connectivity index (χ0n) is 28.3. The Morgan fingerprint density at radius 1 is 0.605 bits per heavy atom. The number of aryl methyl sites for hydroxylation is 1. The monoisotopic (exact) mass is 586 g/mol. The molecule has 43 heavy (non-hydrogen) atoms. The van der Waals surface area contributed by atoms with E-state index in [1.165, 1.54) is 139 Å². The fourth-order valence-corrected chi connectivity index (χ4v) is 7.15. The van der Waals surface area contributed by atoms with Crippen molar-refractivity contribution in [2.75, 3.05) is 0 Å². The van der Waals surface area contributed by atoms with Crippen molar-refractivity contribution in [3.8, 4) is 0 Å². The Balaban J connectivity index is 1.67. The van der Waals surface area contributed by atoms with Gasteiger partial charge in [0.15, 0.2) is 0 Å². The maximum Gasteiger partial charge on any atom is 0.258 e. The van der Waals surface area contributed by atoms with Crippen LogP contribution in [0.2, 0.25) is 0 Å². The van der Waals surface area contributed by atoms with Gasteiger partial charge in [-0.1, -0.05) is 184 Å². The second kappa shape index (κ2) is 21.4. The molecule has 3 aromatic rings. The number of unbranched alkanes of at least 4 members (excludes halogenated alkanes) is 16. The van der Waals surface area contributed by atoms with E-state index in [-0.39, 0.29) is 5.41 Å². The summed E-state index contributed by atoms with van der Waals surface area (Å²) in [5.74, 6) is 1.87. The van der Waals surface area contributed by atoms with Crippen LogP contribution in [0.5, 0.6) is 0 Å². The van der Waals surface area contributed by atoms with E-state index in [1.807, 2.05) is 0 Å². The molecule has 0 aliphatic heterocycles. The van der Waals surface area contributed by atoms with Crippen LogP contribution in [-0.2, 0) is 18.4 Å². The highest BCUT2D eigenvalue weighted by atomic mass is 15.1. The van der Waals surface area contributed by atoms with E-state index in [0.29, 0.717) is 5.92 Å². The van der Waals surface area contributed by atoms with Crippen LogP contribution in [-0.4, -0.2) is 4.98 Å². The van der Waals surface area contributed by atoms with Crippen molar-refractivity contribution in [1.29, 1.82) is 0 Å². The minimum atomic E-state index is 0.00805. The molecule has 2 nitrogen and oxygen atoms in total. The number of hydrogen-bond donors (Lipinski definition) is 1. The van der Waals surface area contributed by atoms with Gasteiger partial charge < -0.3 is 0 Å². The molecule has 1 aromatic heterocycles. The predicted octanol–water partition coefficient (Wildman–Crippen LogP) is 12.0. The van der Waals surface area contributed by atoms with Gasteiger partial charge in [0.25, 0.3) is 5.82 Å². The number of aromatic nitrogens is 2. The van der Waals surface area contributed by atoms with E-state index in [2.05, 4.69) is 103 Å². The maximum atomic E-state index is 3.78. The quantitative estimate of drug-likeness (QED) is 0.0753. The molecular weight excluding hydrogens is 520 g/mol.